The van der Waals surface area contributed by atoms with Gasteiger partial charge in [0.05, 0.1) is 0 Å². The molecule has 7 heavy (non-hydrogen) atoms. The largest absolute Gasteiger partial charge is 2.00 e. The van der Waals surface area contributed by atoms with Crippen molar-refractivity contribution >= 4 is 45.1 Å². The Kier molecular flexibility index (Phi) is 51.4. The predicted molar refractivity (Wildman–Crippen MR) is 25.1 cm³/mol. The molecule has 0 heterocycles. The number of hydrogen-bond donors (Lipinski definition) is 3. The van der Waals surface area contributed by atoms with Crippen molar-refractivity contribution in [3.05, 3.63) is 0 Å². The van der Waals surface area contributed by atoms with E-state index in [1.807, 2.05) is 0 Å². The molecule has 0 aliphatic rings. The van der Waals surface area contributed by atoms with Crippen LogP contribution >= 0.6 is 0 Å². The Morgan fingerprint density at radius 1 is 1.14 bits per heavy atom. The van der Waals surface area contributed by atoms with Gasteiger partial charge in [-0.3, -0.25) is 0 Å². The monoisotopic (exact) mass is 146 g/mol. The van der Waals surface area contributed by atoms with Gasteiger partial charge >= 0.3 is 74.6 Å². The Bertz CT molecular complexity index is 25.2. The molecule has 0 fully saturated rings. The van der Waals surface area contributed by atoms with Gasteiger partial charge in [-0.1, -0.05) is 0 Å². The van der Waals surface area contributed by atoms with E-state index in [4.69, 9.17) is 15.1 Å². The molecule has 0 saturated heterocycles. The van der Waals surface area contributed by atoms with Gasteiger partial charge in [0, 0.05) is 0 Å². The molecule has 0 radical (unpaired) electrons. The number of rotatable bonds is 0. The summed E-state index contributed by atoms with van der Waals surface area (Å²) in [5, 5.41) is 21.5. The van der Waals surface area contributed by atoms with E-state index in [9.17, 15) is 0 Å². The summed E-state index contributed by atoms with van der Waals surface area (Å²) >= 11 is 0. The van der Waals surface area contributed by atoms with Crippen molar-refractivity contribution in [2.24, 2.45) is 0 Å². The smallest absolute Gasteiger partial charge is 1.00 e. The molecule has 0 bridgehead atoms. The van der Waals surface area contributed by atoms with Crippen molar-refractivity contribution in [1.82, 2.24) is 0 Å². The van der Waals surface area contributed by atoms with E-state index in [2.05, 4.69) is 0 Å². The molecule has 7 heteroatoms. The first-order valence-corrected chi connectivity index (χ1v) is 0.775. The van der Waals surface area contributed by atoms with Gasteiger partial charge in [-0.2, -0.15) is 0 Å². The minimum absolute atomic E-state index is 0. The van der Waals surface area contributed by atoms with Crippen LogP contribution in [-0.4, -0.2) is 65.6 Å². The van der Waals surface area contributed by atoms with Crippen LogP contribution in [0.15, 0.2) is 0 Å². The molecule has 0 spiro atoms. The van der Waals surface area contributed by atoms with Gasteiger partial charge in [0.25, 0.3) is 0 Å². The summed E-state index contributed by atoms with van der Waals surface area (Å²) in [6, 6.07) is 0. The molecule has 0 amide bonds. The van der Waals surface area contributed by atoms with Crippen LogP contribution in [-0.2, 0) is 0 Å². The van der Waals surface area contributed by atoms with Crippen molar-refractivity contribution in [1.29, 1.82) is 0 Å². The molecule has 5 N–H and O–H groups in total. The first kappa shape index (κ1) is 22.9. The van der Waals surface area contributed by atoms with E-state index in [1.165, 1.54) is 0 Å². The Morgan fingerprint density at radius 2 is 1.14 bits per heavy atom. The Hall–Kier alpha value is 2.16. The van der Waals surface area contributed by atoms with E-state index in [-0.39, 0.29) is 77.1 Å². The average molecular weight is 146 g/mol. The summed E-state index contributed by atoms with van der Waals surface area (Å²) in [4.78, 5) is 0. The summed E-state index contributed by atoms with van der Waals surface area (Å²) in [6.07, 6.45) is 0. The maximum Gasteiger partial charge on any atom is 2.00 e. The molecule has 0 saturated carbocycles. The molecular weight excluding hydrogens is 138 g/mol. The molecule has 0 aromatic carbocycles. The van der Waals surface area contributed by atoms with Crippen molar-refractivity contribution in [3.63, 3.8) is 0 Å². The fourth-order valence-corrected chi connectivity index (χ4v) is 0. The van der Waals surface area contributed by atoms with Crippen LogP contribution in [0.5, 0.6) is 0 Å². The first-order valence-electron chi connectivity index (χ1n) is 0.775. The zero-order chi connectivity index (χ0) is 3.58. The summed E-state index contributed by atoms with van der Waals surface area (Å²) in [7, 11) is -2.17. The third-order valence-electron chi connectivity index (χ3n) is 0. The van der Waals surface area contributed by atoms with Gasteiger partial charge in [0.15, 0.2) is 0 Å². The van der Waals surface area contributed by atoms with Crippen LogP contribution < -0.4 is 29.6 Å². The quantitative estimate of drug-likeness (QED) is 0.297. The van der Waals surface area contributed by atoms with Gasteiger partial charge in [-0.25, -0.2) is 0 Å². The van der Waals surface area contributed by atoms with Gasteiger partial charge in [-0.15, -0.1) is 0 Å². The molecule has 38 valence electrons. The van der Waals surface area contributed by atoms with Crippen LogP contribution in [0.3, 0.4) is 0 Å². The van der Waals surface area contributed by atoms with Crippen LogP contribution in [0.1, 0.15) is 4.28 Å². The molecule has 0 aliphatic heterocycles. The zero-order valence-corrected chi connectivity index (χ0v) is 8.33. The Labute approximate surface area is 98.1 Å². The van der Waals surface area contributed by atoms with Crippen LogP contribution in [0.25, 0.3) is 0 Å². The fraction of sp³-hybridized carbons (Fsp3) is 0. The summed E-state index contributed by atoms with van der Waals surface area (Å²) < 4.78 is 0. The molecule has 0 aliphatic carbocycles. The second-order valence-electron chi connectivity index (χ2n) is 0.346. The van der Waals surface area contributed by atoms with Crippen molar-refractivity contribution in [2.75, 3.05) is 0 Å². The Morgan fingerprint density at radius 3 is 1.14 bits per heavy atom. The van der Waals surface area contributed by atoms with Gasteiger partial charge in [0.2, 0.25) is 0 Å². The summed E-state index contributed by atoms with van der Waals surface area (Å²) in [5.74, 6) is 0. The molecule has 0 rings (SSSR count). The molecule has 0 unspecified atom stereocenters. The summed E-state index contributed by atoms with van der Waals surface area (Å²) in [5.41, 5.74) is 0. The van der Waals surface area contributed by atoms with E-state index < -0.39 is 7.32 Å². The van der Waals surface area contributed by atoms with E-state index in [1.54, 1.807) is 0 Å². The van der Waals surface area contributed by atoms with Crippen molar-refractivity contribution in [3.8, 4) is 0 Å². The average Bonchev–Trinajstić information content (AvgIpc) is 0.811. The maximum atomic E-state index is 7.17. The maximum absolute atomic E-state index is 7.17. The Balaban J connectivity index is -0.00000000300. The van der Waals surface area contributed by atoms with Crippen molar-refractivity contribution in [2.45, 2.75) is 0 Å². The standard InChI is InChI=1S/BH3O3.Ca.Na.H2O.3H/c2-1(3)4;;;;;;/h2-4H;;;1H2;;;/q;+2;+1;;3*-1. The topological polar surface area (TPSA) is 92.2 Å². The third kappa shape index (κ3) is 66.2. The number of hydrogen-bond acceptors (Lipinski definition) is 3. The van der Waals surface area contributed by atoms with Gasteiger partial charge < -0.3 is 24.8 Å². The van der Waals surface area contributed by atoms with Crippen LogP contribution in [0, 0.1) is 0 Å². The van der Waals surface area contributed by atoms with Gasteiger partial charge in [0.1, 0.15) is 0 Å². The first-order chi connectivity index (χ1) is 1.73. The minimum Gasteiger partial charge on any atom is -1.00 e. The van der Waals surface area contributed by atoms with Gasteiger partial charge in [-0.05, 0) is 0 Å². The fourth-order valence-electron chi connectivity index (χ4n) is 0. The molecular formula is H8BCaNaO4. The zero-order valence-electron chi connectivity index (χ0n) is 7.13. The molecule has 0 aromatic rings. The molecule has 0 atom stereocenters. The van der Waals surface area contributed by atoms with E-state index >= 15 is 0 Å². The molecule has 0 aromatic heterocycles. The van der Waals surface area contributed by atoms with Crippen molar-refractivity contribution < 1.29 is 54.4 Å². The second kappa shape index (κ2) is 15.7. The normalized spacial score (nSPS) is 3.86. The second-order valence-corrected chi connectivity index (χ2v) is 0.346. The van der Waals surface area contributed by atoms with E-state index in [0.29, 0.717) is 0 Å². The molecule has 4 nitrogen and oxygen atoms in total. The minimum atomic E-state index is -2.17. The third-order valence-corrected chi connectivity index (χ3v) is 0. The van der Waals surface area contributed by atoms with Crippen LogP contribution in [0.4, 0.5) is 0 Å². The SMILES string of the molecule is O.OB(O)O.[Ca+2].[H-].[H-].[H-].[Na+]. The van der Waals surface area contributed by atoms with Crippen LogP contribution in [0.2, 0.25) is 0 Å². The van der Waals surface area contributed by atoms with E-state index in [0.717, 1.165) is 0 Å². The summed E-state index contributed by atoms with van der Waals surface area (Å²) in [6.45, 7) is 0. The predicted octanol–water partition coefficient (Wildman–Crippen LogP) is -5.92.